The normalized spacial score (nSPS) is 13.3. The predicted molar refractivity (Wildman–Crippen MR) is 64.7 cm³/mol. The number of carbonyl (C=O) groups is 1. The van der Waals surface area contributed by atoms with Crippen molar-refractivity contribution in [3.05, 3.63) is 35.9 Å². The Kier molecular flexibility index (Phi) is 5.53. The van der Waals surface area contributed by atoms with Crippen molar-refractivity contribution in [2.75, 3.05) is 5.75 Å². The van der Waals surface area contributed by atoms with Gasteiger partial charge in [-0.2, -0.15) is 13.2 Å². The number of alkyl halides is 3. The molecule has 1 aromatic rings. The minimum atomic E-state index is -4.23. The number of carboxylic acid groups (broad SMARTS) is 1. The van der Waals surface area contributed by atoms with E-state index < -0.39 is 23.8 Å². The van der Waals surface area contributed by atoms with Gasteiger partial charge in [0.1, 0.15) is 5.25 Å². The maximum Gasteiger partial charge on any atom is 0.389 e. The zero-order valence-corrected chi connectivity index (χ0v) is 10.3. The Hall–Kier alpha value is -1.17. The van der Waals surface area contributed by atoms with E-state index in [4.69, 9.17) is 5.11 Å². The number of halogens is 3. The molecule has 0 spiro atoms. The van der Waals surface area contributed by atoms with Gasteiger partial charge in [-0.25, -0.2) is 0 Å². The van der Waals surface area contributed by atoms with Gasteiger partial charge < -0.3 is 5.11 Å². The number of thioether (sulfide) groups is 1. The van der Waals surface area contributed by atoms with Crippen LogP contribution in [-0.4, -0.2) is 28.3 Å². The fourth-order valence-corrected chi connectivity index (χ4v) is 2.45. The third-order valence-corrected chi connectivity index (χ3v) is 3.45. The summed E-state index contributed by atoms with van der Waals surface area (Å²) in [7, 11) is 0. The number of benzene rings is 1. The molecular weight excluding hydrogens is 265 g/mol. The summed E-state index contributed by atoms with van der Waals surface area (Å²) in [5, 5.41) is 8.12. The van der Waals surface area contributed by atoms with Crippen LogP contribution in [0.4, 0.5) is 13.2 Å². The van der Waals surface area contributed by atoms with Gasteiger partial charge in [0.25, 0.3) is 0 Å². The van der Waals surface area contributed by atoms with Gasteiger partial charge in [-0.05, 0) is 12.0 Å². The van der Waals surface area contributed by atoms with E-state index >= 15 is 0 Å². The second-order valence-electron chi connectivity index (χ2n) is 3.75. The van der Waals surface area contributed by atoms with Crippen molar-refractivity contribution in [3.63, 3.8) is 0 Å². The fourth-order valence-electron chi connectivity index (χ4n) is 1.36. The van der Waals surface area contributed by atoms with E-state index in [1.807, 2.05) is 0 Å². The highest BCUT2D eigenvalue weighted by Gasteiger charge is 2.28. The minimum absolute atomic E-state index is 0.229. The van der Waals surface area contributed by atoms with Crippen molar-refractivity contribution in [2.24, 2.45) is 0 Å². The molecule has 0 amide bonds. The molecule has 1 unspecified atom stereocenters. The molecule has 6 heteroatoms. The molecule has 0 radical (unpaired) electrons. The topological polar surface area (TPSA) is 37.3 Å². The van der Waals surface area contributed by atoms with Crippen LogP contribution in [0.1, 0.15) is 12.0 Å². The summed E-state index contributed by atoms with van der Waals surface area (Å²) in [5.74, 6) is -1.31. The van der Waals surface area contributed by atoms with Crippen LogP contribution in [0.15, 0.2) is 30.3 Å². The molecule has 18 heavy (non-hydrogen) atoms. The highest BCUT2D eigenvalue weighted by Crippen LogP contribution is 2.25. The smallest absolute Gasteiger partial charge is 0.389 e. The lowest BCUT2D eigenvalue weighted by Gasteiger charge is -2.13. The quantitative estimate of drug-likeness (QED) is 0.867. The Balaban J connectivity index is 2.49. The van der Waals surface area contributed by atoms with E-state index in [1.54, 1.807) is 30.3 Å². The molecule has 0 aliphatic rings. The minimum Gasteiger partial charge on any atom is -0.480 e. The molecule has 0 saturated heterocycles. The summed E-state index contributed by atoms with van der Waals surface area (Å²) in [4.78, 5) is 11.0. The molecule has 0 heterocycles. The first-order valence-corrected chi connectivity index (χ1v) is 6.38. The largest absolute Gasteiger partial charge is 0.480 e. The van der Waals surface area contributed by atoms with E-state index in [1.165, 1.54) is 0 Å². The van der Waals surface area contributed by atoms with Gasteiger partial charge >= 0.3 is 12.1 Å². The molecule has 0 aromatic heterocycles. The van der Waals surface area contributed by atoms with Crippen LogP contribution in [0.25, 0.3) is 0 Å². The number of carboxylic acids is 1. The predicted octanol–water partition coefficient (Wildman–Crippen LogP) is 3.37. The fraction of sp³-hybridized carbons (Fsp3) is 0.417. The standard InChI is InChI=1S/C12H13F3O2S/c13-12(14,15)6-7-18-10(11(16)17)8-9-4-2-1-3-5-9/h1-5,10H,6-8H2,(H,16,17). The first kappa shape index (κ1) is 14.9. The molecule has 0 bridgehead atoms. The molecule has 100 valence electrons. The summed E-state index contributed by atoms with van der Waals surface area (Å²) in [6.07, 6.45) is -4.96. The highest BCUT2D eigenvalue weighted by atomic mass is 32.2. The van der Waals surface area contributed by atoms with Gasteiger partial charge in [0, 0.05) is 5.75 Å². The Bertz CT molecular complexity index is 379. The van der Waals surface area contributed by atoms with E-state index in [0.717, 1.165) is 17.3 Å². The van der Waals surface area contributed by atoms with Gasteiger partial charge in [0.2, 0.25) is 0 Å². The second-order valence-corrected chi connectivity index (χ2v) is 5.06. The number of rotatable bonds is 6. The van der Waals surface area contributed by atoms with Crippen molar-refractivity contribution in [3.8, 4) is 0 Å². The molecule has 1 N–H and O–H groups in total. The van der Waals surface area contributed by atoms with E-state index in [2.05, 4.69) is 0 Å². The number of aliphatic carboxylic acids is 1. The van der Waals surface area contributed by atoms with Gasteiger partial charge in [0.15, 0.2) is 0 Å². The zero-order chi connectivity index (χ0) is 13.6. The van der Waals surface area contributed by atoms with Crippen molar-refractivity contribution in [2.45, 2.75) is 24.3 Å². The molecule has 0 aliphatic carbocycles. The van der Waals surface area contributed by atoms with Gasteiger partial charge in [-0.15, -0.1) is 11.8 Å². The lowest BCUT2D eigenvalue weighted by Crippen LogP contribution is -2.21. The van der Waals surface area contributed by atoms with Gasteiger partial charge in [-0.3, -0.25) is 4.79 Å². The van der Waals surface area contributed by atoms with Crippen LogP contribution in [0.2, 0.25) is 0 Å². The lowest BCUT2D eigenvalue weighted by atomic mass is 10.1. The molecule has 2 nitrogen and oxygen atoms in total. The molecule has 1 rings (SSSR count). The van der Waals surface area contributed by atoms with Crippen LogP contribution in [0, 0.1) is 0 Å². The third-order valence-electron chi connectivity index (χ3n) is 2.24. The van der Waals surface area contributed by atoms with E-state index in [-0.39, 0.29) is 12.2 Å². The number of hydrogen-bond acceptors (Lipinski definition) is 2. The summed E-state index contributed by atoms with van der Waals surface area (Å²) in [6, 6.07) is 8.87. The first-order chi connectivity index (χ1) is 8.38. The molecular formula is C12H13F3O2S. The van der Waals surface area contributed by atoms with E-state index in [9.17, 15) is 18.0 Å². The monoisotopic (exact) mass is 278 g/mol. The highest BCUT2D eigenvalue weighted by molar-refractivity contribution is 8.00. The Labute approximate surface area is 107 Å². The van der Waals surface area contributed by atoms with Crippen LogP contribution in [-0.2, 0) is 11.2 Å². The molecule has 0 saturated carbocycles. The lowest BCUT2D eigenvalue weighted by molar-refractivity contribution is -0.136. The molecule has 0 aliphatic heterocycles. The average molecular weight is 278 g/mol. The van der Waals surface area contributed by atoms with E-state index in [0.29, 0.717) is 0 Å². The SMILES string of the molecule is O=C(O)C(Cc1ccccc1)SCCC(F)(F)F. The Morgan fingerprint density at radius 2 is 1.89 bits per heavy atom. The van der Waals surface area contributed by atoms with Gasteiger partial charge in [-0.1, -0.05) is 30.3 Å². The molecule has 1 atom stereocenters. The van der Waals surface area contributed by atoms with Crippen molar-refractivity contribution < 1.29 is 23.1 Å². The summed E-state index contributed by atoms with van der Waals surface area (Å²) in [6.45, 7) is 0. The van der Waals surface area contributed by atoms with Crippen molar-refractivity contribution in [1.82, 2.24) is 0 Å². The van der Waals surface area contributed by atoms with Crippen molar-refractivity contribution in [1.29, 1.82) is 0 Å². The maximum atomic E-state index is 12.0. The first-order valence-electron chi connectivity index (χ1n) is 5.33. The van der Waals surface area contributed by atoms with Crippen LogP contribution < -0.4 is 0 Å². The van der Waals surface area contributed by atoms with Crippen molar-refractivity contribution >= 4 is 17.7 Å². The van der Waals surface area contributed by atoms with Crippen LogP contribution in [0.5, 0.6) is 0 Å². The second kappa shape index (κ2) is 6.68. The van der Waals surface area contributed by atoms with Gasteiger partial charge in [0.05, 0.1) is 6.42 Å². The molecule has 1 aromatic carbocycles. The third kappa shape index (κ3) is 5.95. The Morgan fingerprint density at radius 3 is 2.39 bits per heavy atom. The van der Waals surface area contributed by atoms with Crippen LogP contribution >= 0.6 is 11.8 Å². The maximum absolute atomic E-state index is 12.0. The number of hydrogen-bond donors (Lipinski definition) is 1. The molecule has 0 fully saturated rings. The Morgan fingerprint density at radius 1 is 1.28 bits per heavy atom. The summed E-state index contributed by atoms with van der Waals surface area (Å²) >= 11 is 0.832. The zero-order valence-electron chi connectivity index (χ0n) is 9.48. The van der Waals surface area contributed by atoms with Crippen LogP contribution in [0.3, 0.4) is 0 Å². The summed E-state index contributed by atoms with van der Waals surface area (Å²) in [5.41, 5.74) is 0.810. The average Bonchev–Trinajstić information content (AvgIpc) is 2.27. The summed E-state index contributed by atoms with van der Waals surface area (Å²) < 4.78 is 35.9.